The maximum Gasteiger partial charge on any atom is 0.364 e. The first-order valence-corrected chi connectivity index (χ1v) is 45.1. The van der Waals surface area contributed by atoms with E-state index in [-0.39, 0.29) is 6.42 Å². The number of carboxylic acid groups (broad SMARTS) is 2. The number of hydrogen-bond acceptors (Lipinski definition) is 37. The largest absolute Gasteiger partial charge is 0.477 e. The average Bonchev–Trinajstić information content (AvgIpc) is 0.733. The van der Waals surface area contributed by atoms with Crippen molar-refractivity contribution in [3.63, 3.8) is 0 Å². The third-order valence-electron chi connectivity index (χ3n) is 24.0. The SMILES string of the molecule is CCCCCCCCC=CCCCCCCCC(=O)NC(COC1OC(CO)C(OC2OC(CO)C(OC3OC(CO)C(O)C(OC4OC(CO)C(O)C(O)C4O)C3CC(C)=O)C(OC3(C(=O)O)CC(O)C(NC(C)=O)C(C(O)C(CO)OC4(C(=O)O)CC(O)C(NC(C)=O)C(C(O)C(O)CO)O4)O3)C2O)C(O)C1O)C(O)C=CCCCCCCCCCCCCC. The molecule has 42 nitrogen and oxygen atoms in total. The van der Waals surface area contributed by atoms with Gasteiger partial charge in [0.2, 0.25) is 17.7 Å². The molecule has 0 radical (unpaired) electrons. The first-order chi connectivity index (χ1) is 60.6. The van der Waals surface area contributed by atoms with Crippen LogP contribution < -0.4 is 16.0 Å². The number of ether oxygens (including phenoxy) is 12. The molecular formula is C85H147N3O39. The van der Waals surface area contributed by atoms with Gasteiger partial charge in [-0.05, 0) is 51.9 Å². The summed E-state index contributed by atoms with van der Waals surface area (Å²) < 4.78 is 72.5. The van der Waals surface area contributed by atoms with Gasteiger partial charge in [0, 0.05) is 45.4 Å². The number of ketones is 1. The number of hydrogen-bond donors (Lipinski definition) is 24. The van der Waals surface area contributed by atoms with E-state index in [1.807, 2.05) is 0 Å². The summed E-state index contributed by atoms with van der Waals surface area (Å²) in [6.07, 6.45) is -31.0. The molecule has 0 aromatic rings. The van der Waals surface area contributed by atoms with Gasteiger partial charge >= 0.3 is 11.9 Å². The van der Waals surface area contributed by atoms with Crippen molar-refractivity contribution < 1.29 is 193 Å². The zero-order valence-corrected chi connectivity index (χ0v) is 73.5. The van der Waals surface area contributed by atoms with Gasteiger partial charge in [-0.1, -0.05) is 154 Å². The Morgan fingerprint density at radius 2 is 0.882 bits per heavy atom. The van der Waals surface area contributed by atoms with E-state index < -0.39 is 308 Å². The molecule has 42 heteroatoms. The Morgan fingerprint density at radius 3 is 1.39 bits per heavy atom. The number of Topliss-reactive ketones (excluding diaryl/α,β-unsaturated/α-hetero) is 1. The quantitative estimate of drug-likeness (QED) is 0.0213. The standard InChI is InChI=1S/C85H147N3O39/c1-6-8-10-12-14-16-18-20-21-23-25-27-29-31-33-35-60(102)88-50(51(98)34-32-30-28-26-24-22-19-17-15-13-11-9-7-2)45-116-79-70(110)68(108)73(58(43-93)119-79)122-81-71(111)77(74(59(44-94)120-81)123-78-49(36-46(3)95)72(65(105)56(41-91)117-78)121-80-69(109)67(107)64(104)55(40-90)118-80)127-85(83(114)115)38-53(100)62(87-48(5)97)76(126-85)66(106)57(42-92)124-84(82(112)113)37-52(99)61(86-47(4)96)75(125-84)63(103)54(101)39-89/h20-21,32,34,49-59,61-81,89-94,98-101,103-111H,6-19,22-31,33,35-45H2,1-5H3,(H,86,96)(H,87,97)(H,88,102)(H,112,113)(H,114,115). The molecular weight excluding hydrogens is 1690 g/mol. The van der Waals surface area contributed by atoms with E-state index in [9.17, 15) is 136 Å². The van der Waals surface area contributed by atoms with Crippen molar-refractivity contribution in [1.29, 1.82) is 0 Å². The fourth-order valence-corrected chi connectivity index (χ4v) is 16.9. The number of aliphatic hydroxyl groups excluding tert-OH is 19. The van der Waals surface area contributed by atoms with E-state index in [1.165, 1.54) is 83.1 Å². The molecule has 6 rings (SSSR count). The Balaban J connectivity index is 1.34. The van der Waals surface area contributed by atoms with Crippen LogP contribution in [-0.4, -0.2) is 390 Å². The molecule has 3 amide bonds. The number of unbranched alkanes of at least 4 members (excludes halogenated alkanes) is 22. The summed E-state index contributed by atoms with van der Waals surface area (Å²) in [6.45, 7) is -0.825. The Labute approximate surface area is 740 Å². The molecule has 6 heterocycles. The summed E-state index contributed by atoms with van der Waals surface area (Å²) in [5, 5.41) is 245. The van der Waals surface area contributed by atoms with E-state index in [4.69, 9.17) is 56.8 Å². The van der Waals surface area contributed by atoms with Crippen LogP contribution in [0.15, 0.2) is 24.3 Å². The van der Waals surface area contributed by atoms with Crippen LogP contribution in [0.5, 0.6) is 0 Å². The van der Waals surface area contributed by atoms with Crippen LogP contribution in [0.25, 0.3) is 0 Å². The molecule has 6 aliphatic rings. The molecule has 0 aromatic heterocycles. The predicted molar refractivity (Wildman–Crippen MR) is 441 cm³/mol. The maximum absolute atomic E-state index is 14.4. The third kappa shape index (κ3) is 32.5. The topological polar surface area (TPSA) is 674 Å². The minimum atomic E-state index is -3.68. The van der Waals surface area contributed by atoms with Gasteiger partial charge in [-0.2, -0.15) is 0 Å². The molecule has 0 bridgehead atoms. The zero-order chi connectivity index (χ0) is 93.8. The number of carbonyl (C=O) groups is 6. The molecule has 0 saturated carbocycles. The first-order valence-electron chi connectivity index (χ1n) is 45.1. The number of nitrogens with one attached hydrogen (secondary N) is 3. The van der Waals surface area contributed by atoms with E-state index in [1.54, 1.807) is 6.08 Å². The number of allylic oxidation sites excluding steroid dienone is 3. The van der Waals surface area contributed by atoms with Crippen LogP contribution in [0, 0.1) is 5.92 Å². The van der Waals surface area contributed by atoms with Crippen molar-refractivity contribution in [1.82, 2.24) is 16.0 Å². The number of aliphatic carboxylic acids is 2. The summed E-state index contributed by atoms with van der Waals surface area (Å²) in [5.41, 5.74) is 0. The van der Waals surface area contributed by atoms with Gasteiger partial charge in [0.25, 0.3) is 11.6 Å². The third-order valence-corrected chi connectivity index (χ3v) is 24.0. The van der Waals surface area contributed by atoms with E-state index >= 15 is 0 Å². The Morgan fingerprint density at radius 1 is 0.449 bits per heavy atom. The molecule has 24 N–H and O–H groups in total. The molecule has 0 spiro atoms. The minimum Gasteiger partial charge on any atom is -0.477 e. The van der Waals surface area contributed by atoms with E-state index in [0.29, 0.717) is 12.8 Å². The van der Waals surface area contributed by atoms with Gasteiger partial charge in [0.15, 0.2) is 25.2 Å². The van der Waals surface area contributed by atoms with Gasteiger partial charge < -0.3 is 185 Å². The fraction of sp³-hybridized carbons (Fsp3) is 0.882. The highest BCUT2D eigenvalue weighted by atomic mass is 16.8. The molecule has 6 fully saturated rings. The highest BCUT2D eigenvalue weighted by Crippen LogP contribution is 2.44. The Bertz CT molecular complexity index is 3240. The number of aliphatic hydroxyl groups is 19. The Kier molecular flexibility index (Phi) is 49.3. The number of rotatable bonds is 59. The highest BCUT2D eigenvalue weighted by Gasteiger charge is 2.64. The van der Waals surface area contributed by atoms with Crippen molar-refractivity contribution >= 4 is 35.4 Å². The van der Waals surface area contributed by atoms with Crippen molar-refractivity contribution in [2.45, 2.75) is 422 Å². The van der Waals surface area contributed by atoms with Gasteiger partial charge in [0.05, 0.1) is 88.8 Å². The normalized spacial score (nSPS) is 35.2. The predicted octanol–water partition coefficient (Wildman–Crippen LogP) is -3.00. The van der Waals surface area contributed by atoms with Crippen LogP contribution in [0.3, 0.4) is 0 Å². The highest BCUT2D eigenvalue weighted by molar-refractivity contribution is 5.78. The average molecular weight is 1840 g/mol. The second-order valence-electron chi connectivity index (χ2n) is 34.2. The molecule has 736 valence electrons. The smallest absolute Gasteiger partial charge is 0.364 e. The van der Waals surface area contributed by atoms with Gasteiger partial charge in [-0.3, -0.25) is 14.4 Å². The van der Waals surface area contributed by atoms with Crippen LogP contribution >= 0.6 is 0 Å². The van der Waals surface area contributed by atoms with Gasteiger partial charge in [0.1, 0.15) is 128 Å². The van der Waals surface area contributed by atoms with Crippen molar-refractivity contribution in [2.24, 2.45) is 5.92 Å². The Hall–Kier alpha value is -4.74. The molecule has 6 aliphatic heterocycles. The van der Waals surface area contributed by atoms with Crippen LogP contribution in [0.4, 0.5) is 0 Å². The van der Waals surface area contributed by atoms with Crippen molar-refractivity contribution in [2.75, 3.05) is 46.2 Å². The van der Waals surface area contributed by atoms with Crippen LogP contribution in [-0.2, 0) is 85.6 Å². The molecule has 127 heavy (non-hydrogen) atoms. The van der Waals surface area contributed by atoms with Gasteiger partial charge in [-0.25, -0.2) is 9.59 Å². The first kappa shape index (κ1) is 111. The summed E-state index contributed by atoms with van der Waals surface area (Å²) in [6, 6.07) is -5.11. The maximum atomic E-state index is 14.4. The summed E-state index contributed by atoms with van der Waals surface area (Å²) in [5.74, 6) is -16.5. The van der Waals surface area contributed by atoms with E-state index in [0.717, 1.165) is 91.4 Å². The molecule has 0 aromatic carbocycles. The van der Waals surface area contributed by atoms with Crippen molar-refractivity contribution in [3.8, 4) is 0 Å². The second-order valence-corrected chi connectivity index (χ2v) is 34.2. The lowest BCUT2D eigenvalue weighted by Gasteiger charge is -2.53. The summed E-state index contributed by atoms with van der Waals surface area (Å²) >= 11 is 0. The lowest BCUT2D eigenvalue weighted by molar-refractivity contribution is -0.407. The molecule has 34 unspecified atom stereocenters. The van der Waals surface area contributed by atoms with E-state index in [2.05, 4.69) is 41.9 Å². The fourth-order valence-electron chi connectivity index (χ4n) is 16.9. The molecule has 34 atom stereocenters. The number of carboxylic acids is 2. The summed E-state index contributed by atoms with van der Waals surface area (Å²) in [4.78, 5) is 80.5. The van der Waals surface area contributed by atoms with Crippen molar-refractivity contribution in [3.05, 3.63) is 24.3 Å². The lowest BCUT2D eigenvalue weighted by Crippen LogP contribution is -2.72. The second kappa shape index (κ2) is 56.4. The minimum absolute atomic E-state index is 0.0744. The zero-order valence-electron chi connectivity index (χ0n) is 73.5. The number of amides is 3. The lowest BCUT2D eigenvalue weighted by atomic mass is 9.86. The van der Waals surface area contributed by atoms with Gasteiger partial charge in [-0.15, -0.1) is 0 Å². The summed E-state index contributed by atoms with van der Waals surface area (Å²) in [7, 11) is 0. The molecule has 6 saturated heterocycles. The number of carbonyl (C=O) groups excluding carboxylic acids is 4. The van der Waals surface area contributed by atoms with Crippen LogP contribution in [0.1, 0.15) is 221 Å². The molecule has 0 aliphatic carbocycles. The monoisotopic (exact) mass is 1830 g/mol. The van der Waals surface area contributed by atoms with Crippen LogP contribution in [0.2, 0.25) is 0 Å².